The van der Waals surface area contributed by atoms with E-state index in [1.807, 2.05) is 27.7 Å². The summed E-state index contributed by atoms with van der Waals surface area (Å²) in [6.45, 7) is 8.06. The van der Waals surface area contributed by atoms with Crippen LogP contribution in [-0.2, 0) is 23.8 Å². The Balaban J connectivity index is 2.22. The van der Waals surface area contributed by atoms with Gasteiger partial charge in [0.25, 0.3) is 5.69 Å². The van der Waals surface area contributed by atoms with Crippen molar-refractivity contribution in [3.63, 3.8) is 0 Å². The number of benzene rings is 1. The number of carbonyl (C=O) groups is 3. The molecule has 0 saturated carbocycles. The second-order valence-corrected chi connectivity index (χ2v) is 11.4. The summed E-state index contributed by atoms with van der Waals surface area (Å²) in [6, 6.07) is 1.39. The van der Waals surface area contributed by atoms with Gasteiger partial charge in [0, 0.05) is 6.07 Å². The smallest absolute Gasteiger partial charge is 0.408 e. The predicted octanol–water partition coefficient (Wildman–Crippen LogP) is 0.679. The third kappa shape index (κ3) is 9.99. The number of aliphatic hydroxyl groups is 4. The molecule has 1 saturated heterocycles. The molecule has 1 aliphatic heterocycles. The molecular weight excluding hydrogens is 586 g/mol. The molecule has 2 rings (SSSR count). The lowest BCUT2D eigenvalue weighted by molar-refractivity contribution is -0.386. The molecule has 0 radical (unpaired) electrons. The molecule has 1 aliphatic rings. The van der Waals surface area contributed by atoms with Crippen LogP contribution in [0.4, 0.5) is 10.5 Å². The van der Waals surface area contributed by atoms with Gasteiger partial charge in [-0.2, -0.15) is 0 Å². The van der Waals surface area contributed by atoms with Crippen LogP contribution >= 0.6 is 0 Å². The summed E-state index contributed by atoms with van der Waals surface area (Å²) in [5.41, 5.74) is -0.544. The number of alkyl carbamates (subject to hydrolysis) is 1. The van der Waals surface area contributed by atoms with Gasteiger partial charge in [0.15, 0.2) is 0 Å². The number of hydrogen-bond acceptors (Lipinski definition) is 13. The van der Waals surface area contributed by atoms with Crippen molar-refractivity contribution < 1.29 is 58.7 Å². The average Bonchev–Trinajstić information content (AvgIpc) is 2.95. The van der Waals surface area contributed by atoms with E-state index in [1.165, 1.54) is 26.2 Å². The summed E-state index contributed by atoms with van der Waals surface area (Å²) in [4.78, 5) is 49.2. The molecule has 1 heterocycles. The largest absolute Gasteiger partial charge is 0.467 e. The number of ether oxygens (including phenoxy) is 4. The van der Waals surface area contributed by atoms with Crippen LogP contribution in [0.25, 0.3) is 0 Å². The Morgan fingerprint density at radius 3 is 2.14 bits per heavy atom. The minimum Gasteiger partial charge on any atom is -0.467 e. The highest BCUT2D eigenvalue weighted by molar-refractivity contribution is 5.89. The van der Waals surface area contributed by atoms with Crippen molar-refractivity contribution in [2.24, 2.45) is 11.8 Å². The van der Waals surface area contributed by atoms with Crippen molar-refractivity contribution >= 4 is 23.7 Å². The first-order chi connectivity index (χ1) is 20.6. The highest BCUT2D eigenvalue weighted by Gasteiger charge is 2.45. The first kappa shape index (κ1) is 36.6. The highest BCUT2D eigenvalue weighted by atomic mass is 16.7. The summed E-state index contributed by atoms with van der Waals surface area (Å²) in [5, 5.41) is 56.5. The van der Waals surface area contributed by atoms with E-state index in [4.69, 9.17) is 18.9 Å². The summed E-state index contributed by atoms with van der Waals surface area (Å²) in [6.07, 6.45) is -9.67. The van der Waals surface area contributed by atoms with Crippen LogP contribution in [0.5, 0.6) is 5.75 Å². The number of methoxy groups -OCH3 is 1. The van der Waals surface area contributed by atoms with Crippen molar-refractivity contribution in [1.29, 1.82) is 0 Å². The highest BCUT2D eigenvalue weighted by Crippen LogP contribution is 2.33. The molecule has 1 fully saturated rings. The van der Waals surface area contributed by atoms with E-state index >= 15 is 0 Å². The maximum absolute atomic E-state index is 13.1. The molecule has 6 N–H and O–H groups in total. The second kappa shape index (κ2) is 16.5. The SMILES string of the molecule is COC(=O)[C@H](CC(C)C)NC(=O)[C@H](CC(C)C)NC(=O)OC(C)c1cc(O[C@@H]2O[C@H](CO)[C@@H](O)[C@H](O)[C@H]2O)ccc1[N+](=O)[O-]. The Morgan fingerprint density at radius 2 is 1.59 bits per heavy atom. The number of nitrogens with one attached hydrogen (secondary N) is 2. The number of esters is 1. The van der Waals surface area contributed by atoms with Gasteiger partial charge in [-0.3, -0.25) is 14.9 Å². The molecule has 44 heavy (non-hydrogen) atoms. The maximum atomic E-state index is 13.1. The van der Waals surface area contributed by atoms with Crippen LogP contribution in [0, 0.1) is 22.0 Å². The summed E-state index contributed by atoms with van der Waals surface area (Å²) in [5.74, 6) is -1.35. The first-order valence-corrected chi connectivity index (χ1v) is 14.2. The lowest BCUT2D eigenvalue weighted by Gasteiger charge is -2.39. The van der Waals surface area contributed by atoms with Crippen molar-refractivity contribution in [2.75, 3.05) is 13.7 Å². The first-order valence-electron chi connectivity index (χ1n) is 14.2. The van der Waals surface area contributed by atoms with E-state index in [1.54, 1.807) is 0 Å². The zero-order valence-corrected chi connectivity index (χ0v) is 25.5. The van der Waals surface area contributed by atoms with E-state index in [-0.39, 0.29) is 29.6 Å². The molecule has 1 unspecified atom stereocenters. The molecule has 2 amide bonds. The van der Waals surface area contributed by atoms with Gasteiger partial charge in [-0.25, -0.2) is 9.59 Å². The molecule has 0 bridgehead atoms. The monoisotopic (exact) mass is 629 g/mol. The number of aliphatic hydroxyl groups excluding tert-OH is 4. The van der Waals surface area contributed by atoms with Crippen molar-refractivity contribution in [3.05, 3.63) is 33.9 Å². The standard InChI is InChI=1S/C28H43N3O13/c1-13(2)9-18(25(36)29-19(10-14(3)4)26(37)41-6)30-28(38)42-15(5)17-11-16(7-8-20(17)31(39)40)43-27-24(35)23(34)22(33)21(12-32)44-27/h7-8,11,13-15,18-19,21-24,27,32-35H,9-10,12H2,1-6H3,(H,29,36)(H,30,38)/t15?,18-,19-,21+,22+,23-,24+,27+/m0/s1. The summed E-state index contributed by atoms with van der Waals surface area (Å²) >= 11 is 0. The third-order valence-corrected chi connectivity index (χ3v) is 6.84. The van der Waals surface area contributed by atoms with Crippen LogP contribution in [0.1, 0.15) is 59.1 Å². The molecular formula is C28H43N3O13. The molecule has 8 atom stereocenters. The zero-order chi connectivity index (χ0) is 33.3. The number of nitrogens with zero attached hydrogens (tertiary/aromatic N) is 1. The fourth-order valence-corrected chi connectivity index (χ4v) is 4.60. The average molecular weight is 630 g/mol. The quantitative estimate of drug-likeness (QED) is 0.0944. The number of rotatable bonds is 14. The van der Waals surface area contributed by atoms with Crippen LogP contribution in [0.2, 0.25) is 0 Å². The summed E-state index contributed by atoms with van der Waals surface area (Å²) < 4.78 is 21.1. The van der Waals surface area contributed by atoms with E-state index in [9.17, 15) is 44.9 Å². The van der Waals surface area contributed by atoms with Gasteiger partial charge in [0.05, 0.1) is 24.2 Å². The Hall–Kier alpha value is -3.57. The van der Waals surface area contributed by atoms with Gasteiger partial charge in [-0.1, -0.05) is 27.7 Å². The van der Waals surface area contributed by atoms with Crippen molar-refractivity contribution in [3.8, 4) is 5.75 Å². The van der Waals surface area contributed by atoms with Crippen LogP contribution < -0.4 is 15.4 Å². The Labute approximate surface area is 254 Å². The molecule has 0 spiro atoms. The van der Waals surface area contributed by atoms with Crippen LogP contribution in [0.15, 0.2) is 18.2 Å². The number of nitro groups is 1. The summed E-state index contributed by atoms with van der Waals surface area (Å²) in [7, 11) is 1.20. The molecule has 248 valence electrons. The number of hydrogen-bond donors (Lipinski definition) is 6. The van der Waals surface area contributed by atoms with E-state index in [0.717, 1.165) is 6.07 Å². The number of amides is 2. The van der Waals surface area contributed by atoms with E-state index in [2.05, 4.69) is 10.6 Å². The van der Waals surface area contributed by atoms with Crippen molar-refractivity contribution in [1.82, 2.24) is 10.6 Å². The topological polar surface area (TPSA) is 236 Å². The Bertz CT molecular complexity index is 1150. The van der Waals surface area contributed by atoms with Gasteiger partial charge < -0.3 is 50.0 Å². The lowest BCUT2D eigenvalue weighted by Crippen LogP contribution is -2.60. The fourth-order valence-electron chi connectivity index (χ4n) is 4.60. The van der Waals surface area contributed by atoms with Gasteiger partial charge in [-0.15, -0.1) is 0 Å². The Morgan fingerprint density at radius 1 is 0.977 bits per heavy atom. The van der Waals surface area contributed by atoms with Crippen molar-refractivity contribution in [2.45, 2.75) is 96.4 Å². The fraction of sp³-hybridized carbons (Fsp3) is 0.679. The minimum atomic E-state index is -1.73. The van der Waals surface area contributed by atoms with Gasteiger partial charge in [-0.05, 0) is 43.7 Å². The van der Waals surface area contributed by atoms with Gasteiger partial charge in [0.2, 0.25) is 12.2 Å². The zero-order valence-electron chi connectivity index (χ0n) is 25.5. The van der Waals surface area contributed by atoms with E-state index in [0.29, 0.717) is 6.42 Å². The van der Waals surface area contributed by atoms with Crippen LogP contribution in [0.3, 0.4) is 0 Å². The second-order valence-electron chi connectivity index (χ2n) is 11.4. The minimum absolute atomic E-state index is 0.0533. The molecule has 1 aromatic rings. The Kier molecular flexibility index (Phi) is 13.7. The maximum Gasteiger partial charge on any atom is 0.408 e. The predicted molar refractivity (Wildman–Crippen MR) is 152 cm³/mol. The van der Waals surface area contributed by atoms with Gasteiger partial charge >= 0.3 is 12.1 Å². The molecule has 0 aromatic heterocycles. The third-order valence-electron chi connectivity index (χ3n) is 6.84. The molecule has 16 heteroatoms. The van der Waals surface area contributed by atoms with Gasteiger partial charge in [0.1, 0.15) is 48.4 Å². The van der Waals surface area contributed by atoms with E-state index < -0.39 is 84.1 Å². The molecule has 1 aromatic carbocycles. The number of carbonyl (C=O) groups excluding carboxylic acids is 3. The normalized spacial score (nSPS) is 23.8. The molecule has 16 nitrogen and oxygen atoms in total. The lowest BCUT2D eigenvalue weighted by atomic mass is 9.99. The molecule has 0 aliphatic carbocycles. The van der Waals surface area contributed by atoms with Crippen LogP contribution in [-0.4, -0.2) is 99.8 Å². The number of nitro benzene ring substituents is 1.